The van der Waals surface area contributed by atoms with Gasteiger partial charge < -0.3 is 14.8 Å². The summed E-state index contributed by atoms with van der Waals surface area (Å²) in [6.45, 7) is 4.03. The molecule has 0 saturated carbocycles. The number of carbonyl (C=O) groups is 1. The third-order valence-corrected chi connectivity index (χ3v) is 5.24. The minimum atomic E-state index is -0.589. The fraction of sp³-hybridized carbons (Fsp3) is 0.154. The lowest BCUT2D eigenvalue weighted by Gasteiger charge is -2.15. The van der Waals surface area contributed by atoms with Gasteiger partial charge in [-0.2, -0.15) is 5.26 Å². The SMILES string of the molecule is CCOc1cc(/C=C(\C#N)C(=O)Nc2cc(Cl)ccc2C)cc(Cl)c1OCc1cccc(F)c1. The van der Waals surface area contributed by atoms with E-state index in [1.807, 2.05) is 13.0 Å². The number of rotatable bonds is 8. The molecule has 0 radical (unpaired) electrons. The normalized spacial score (nSPS) is 11.0. The molecule has 0 aliphatic heterocycles. The van der Waals surface area contributed by atoms with Gasteiger partial charge in [0.05, 0.1) is 11.6 Å². The van der Waals surface area contributed by atoms with Crippen molar-refractivity contribution in [3.63, 3.8) is 0 Å². The van der Waals surface area contributed by atoms with E-state index >= 15 is 0 Å². The lowest BCUT2D eigenvalue weighted by atomic mass is 10.1. The molecular weight excluding hydrogens is 478 g/mol. The first-order valence-electron chi connectivity index (χ1n) is 10.3. The van der Waals surface area contributed by atoms with E-state index in [9.17, 15) is 14.4 Å². The molecule has 5 nitrogen and oxygen atoms in total. The lowest BCUT2D eigenvalue weighted by molar-refractivity contribution is -0.112. The summed E-state index contributed by atoms with van der Waals surface area (Å²) in [5, 5.41) is 12.9. The lowest BCUT2D eigenvalue weighted by Crippen LogP contribution is -2.14. The number of nitrogens with zero attached hydrogens (tertiary/aromatic N) is 1. The van der Waals surface area contributed by atoms with Gasteiger partial charge in [0.25, 0.3) is 5.91 Å². The minimum Gasteiger partial charge on any atom is -0.490 e. The molecule has 0 heterocycles. The highest BCUT2D eigenvalue weighted by Gasteiger charge is 2.16. The molecule has 0 atom stereocenters. The van der Waals surface area contributed by atoms with E-state index in [-0.39, 0.29) is 28.8 Å². The largest absolute Gasteiger partial charge is 0.490 e. The number of hydrogen-bond donors (Lipinski definition) is 1. The first-order chi connectivity index (χ1) is 16.3. The van der Waals surface area contributed by atoms with Crippen LogP contribution in [-0.4, -0.2) is 12.5 Å². The molecule has 3 aromatic rings. The number of aryl methyl sites for hydroxylation is 1. The van der Waals surface area contributed by atoms with Gasteiger partial charge in [-0.05, 0) is 73.0 Å². The summed E-state index contributed by atoms with van der Waals surface area (Å²) in [5.41, 5.74) is 2.28. The highest BCUT2D eigenvalue weighted by Crippen LogP contribution is 2.38. The number of benzene rings is 3. The standard InChI is InChI=1S/C26H21Cl2FN2O3/c1-3-33-24-12-18(11-22(28)25(24)34-15-17-5-4-6-21(29)10-17)9-19(14-30)26(32)31-23-13-20(27)8-7-16(23)2/h4-13H,3,15H2,1-2H3,(H,31,32)/b19-9+. The van der Waals surface area contributed by atoms with Crippen molar-refractivity contribution in [3.8, 4) is 17.6 Å². The van der Waals surface area contributed by atoms with E-state index in [0.717, 1.165) is 5.56 Å². The molecule has 8 heteroatoms. The Morgan fingerprint density at radius 1 is 1.15 bits per heavy atom. The van der Waals surface area contributed by atoms with Crippen molar-refractivity contribution in [2.45, 2.75) is 20.5 Å². The van der Waals surface area contributed by atoms with Crippen LogP contribution in [0.3, 0.4) is 0 Å². The average molecular weight is 499 g/mol. The van der Waals surface area contributed by atoms with Gasteiger partial charge in [-0.15, -0.1) is 0 Å². The summed E-state index contributed by atoms with van der Waals surface area (Å²) in [4.78, 5) is 12.7. The van der Waals surface area contributed by atoms with E-state index in [4.69, 9.17) is 32.7 Å². The Bertz CT molecular complexity index is 1290. The quantitative estimate of drug-likeness (QED) is 0.269. The molecule has 0 bridgehead atoms. The molecule has 0 aliphatic rings. The number of nitriles is 1. The maximum Gasteiger partial charge on any atom is 0.266 e. The van der Waals surface area contributed by atoms with Crippen molar-refractivity contribution >= 4 is 40.9 Å². The number of halogens is 3. The molecule has 1 N–H and O–H groups in total. The van der Waals surface area contributed by atoms with Gasteiger partial charge in [0.1, 0.15) is 24.1 Å². The van der Waals surface area contributed by atoms with E-state index in [1.54, 1.807) is 49.4 Å². The van der Waals surface area contributed by atoms with Gasteiger partial charge in [-0.25, -0.2) is 4.39 Å². The molecule has 0 fully saturated rings. The molecule has 1 amide bonds. The van der Waals surface area contributed by atoms with Gasteiger partial charge in [0.15, 0.2) is 11.5 Å². The van der Waals surface area contributed by atoms with Crippen molar-refractivity contribution in [3.05, 3.63) is 92.7 Å². The van der Waals surface area contributed by atoms with E-state index in [0.29, 0.717) is 34.2 Å². The van der Waals surface area contributed by atoms with Crippen LogP contribution in [0.4, 0.5) is 10.1 Å². The molecule has 0 spiro atoms. The van der Waals surface area contributed by atoms with Crippen LogP contribution >= 0.6 is 23.2 Å². The molecule has 0 aromatic heterocycles. The predicted molar refractivity (Wildman–Crippen MR) is 132 cm³/mol. The number of hydrogen-bond acceptors (Lipinski definition) is 4. The number of amides is 1. The second kappa shape index (κ2) is 11.6. The maximum absolute atomic E-state index is 13.4. The van der Waals surface area contributed by atoms with Crippen LogP contribution in [0.25, 0.3) is 6.08 Å². The molecule has 3 rings (SSSR count). The fourth-order valence-corrected chi connectivity index (χ4v) is 3.54. The zero-order chi connectivity index (χ0) is 24.7. The Kier molecular flexibility index (Phi) is 8.53. The highest BCUT2D eigenvalue weighted by molar-refractivity contribution is 6.32. The molecule has 0 unspecified atom stereocenters. The monoisotopic (exact) mass is 498 g/mol. The Morgan fingerprint density at radius 2 is 1.94 bits per heavy atom. The second-order valence-corrected chi connectivity index (χ2v) is 8.11. The zero-order valence-corrected chi connectivity index (χ0v) is 20.0. The summed E-state index contributed by atoms with van der Waals surface area (Å²) < 4.78 is 24.9. The molecular formula is C26H21Cl2FN2O3. The van der Waals surface area contributed by atoms with E-state index in [2.05, 4.69) is 5.32 Å². The molecule has 3 aromatic carbocycles. The van der Waals surface area contributed by atoms with E-state index < -0.39 is 5.91 Å². The highest BCUT2D eigenvalue weighted by atomic mass is 35.5. The van der Waals surface area contributed by atoms with Crippen LogP contribution in [0.15, 0.2) is 60.2 Å². The molecule has 174 valence electrons. The smallest absolute Gasteiger partial charge is 0.266 e. The third kappa shape index (κ3) is 6.50. The number of nitrogens with one attached hydrogen (secondary N) is 1. The van der Waals surface area contributed by atoms with Gasteiger partial charge in [0, 0.05) is 10.7 Å². The first kappa shape index (κ1) is 25.1. The van der Waals surface area contributed by atoms with Crippen molar-refractivity contribution in [2.75, 3.05) is 11.9 Å². The number of ether oxygens (including phenoxy) is 2. The second-order valence-electron chi connectivity index (χ2n) is 7.26. The van der Waals surface area contributed by atoms with Crippen LogP contribution in [0.2, 0.25) is 10.0 Å². The minimum absolute atomic E-state index is 0.0809. The number of carbonyl (C=O) groups excluding carboxylic acids is 1. The van der Waals surface area contributed by atoms with Gasteiger partial charge >= 0.3 is 0 Å². The maximum atomic E-state index is 13.4. The molecule has 0 saturated heterocycles. The Labute approximate surface area is 207 Å². The molecule has 0 aliphatic carbocycles. The fourth-order valence-electron chi connectivity index (χ4n) is 3.09. The molecule has 34 heavy (non-hydrogen) atoms. The van der Waals surface area contributed by atoms with Crippen LogP contribution < -0.4 is 14.8 Å². The number of anilines is 1. The van der Waals surface area contributed by atoms with E-state index in [1.165, 1.54) is 18.2 Å². The van der Waals surface area contributed by atoms with Crippen molar-refractivity contribution in [1.82, 2.24) is 0 Å². The predicted octanol–water partition coefficient (Wildman–Crippen LogP) is 6.96. The zero-order valence-electron chi connectivity index (χ0n) is 18.5. The Morgan fingerprint density at radius 3 is 2.65 bits per heavy atom. The third-order valence-electron chi connectivity index (χ3n) is 4.73. The average Bonchev–Trinajstić information content (AvgIpc) is 2.79. The van der Waals surface area contributed by atoms with Crippen molar-refractivity contribution in [1.29, 1.82) is 5.26 Å². The van der Waals surface area contributed by atoms with Crippen LogP contribution in [-0.2, 0) is 11.4 Å². The Balaban J connectivity index is 1.86. The van der Waals surface area contributed by atoms with Gasteiger partial charge in [0.2, 0.25) is 0 Å². The summed E-state index contributed by atoms with van der Waals surface area (Å²) in [6, 6.07) is 16.2. The van der Waals surface area contributed by atoms with Crippen LogP contribution in [0.1, 0.15) is 23.6 Å². The van der Waals surface area contributed by atoms with Gasteiger partial charge in [-0.1, -0.05) is 41.4 Å². The summed E-state index contributed by atoms with van der Waals surface area (Å²) in [6.07, 6.45) is 1.40. The van der Waals surface area contributed by atoms with Gasteiger partial charge in [-0.3, -0.25) is 4.79 Å². The summed E-state index contributed by atoms with van der Waals surface area (Å²) in [5.74, 6) is -0.343. The first-order valence-corrected chi connectivity index (χ1v) is 11.1. The van der Waals surface area contributed by atoms with Crippen molar-refractivity contribution in [2.24, 2.45) is 0 Å². The van der Waals surface area contributed by atoms with Crippen molar-refractivity contribution < 1.29 is 18.7 Å². The van der Waals surface area contributed by atoms with Crippen LogP contribution in [0, 0.1) is 24.1 Å². The summed E-state index contributed by atoms with van der Waals surface area (Å²) >= 11 is 12.4. The summed E-state index contributed by atoms with van der Waals surface area (Å²) in [7, 11) is 0. The Hall–Kier alpha value is -3.53. The van der Waals surface area contributed by atoms with Crippen LogP contribution in [0.5, 0.6) is 11.5 Å². The topological polar surface area (TPSA) is 71.3 Å².